The molecule has 1 aliphatic carbocycles. The number of carbonyl (C=O) groups excluding carboxylic acids is 1. The van der Waals surface area contributed by atoms with Crippen LogP contribution in [0.15, 0.2) is 53.5 Å². The molecule has 4 rings (SSSR count). The van der Waals surface area contributed by atoms with Gasteiger partial charge in [-0.1, -0.05) is 54.8 Å². The minimum absolute atomic E-state index is 0.171. The third-order valence-corrected chi connectivity index (χ3v) is 5.87. The Morgan fingerprint density at radius 2 is 1.86 bits per heavy atom. The van der Waals surface area contributed by atoms with Crippen LogP contribution in [0.1, 0.15) is 36.8 Å². The highest BCUT2D eigenvalue weighted by atomic mass is 35.5. The fourth-order valence-electron chi connectivity index (χ4n) is 3.89. The first kappa shape index (κ1) is 19.9. The summed E-state index contributed by atoms with van der Waals surface area (Å²) in [4.78, 5) is 19.6. The van der Waals surface area contributed by atoms with E-state index in [0.717, 1.165) is 29.7 Å². The second-order valence-corrected chi connectivity index (χ2v) is 8.25. The van der Waals surface area contributed by atoms with Crippen LogP contribution < -0.4 is 15.5 Å². The third kappa shape index (κ3) is 4.28. The van der Waals surface area contributed by atoms with Crippen LogP contribution in [0, 0.1) is 0 Å². The number of fused-ring (bicyclic) bond motifs is 1. The molecule has 2 aromatic carbocycles. The largest absolute Gasteiger partial charge is 0.360 e. The molecule has 5 nitrogen and oxygen atoms in total. The van der Waals surface area contributed by atoms with Gasteiger partial charge in [-0.3, -0.25) is 4.79 Å². The maximum atomic E-state index is 13.2. The first-order valence-corrected chi connectivity index (χ1v) is 10.6. The van der Waals surface area contributed by atoms with E-state index >= 15 is 0 Å². The topological polar surface area (TPSA) is 56.7 Å². The van der Waals surface area contributed by atoms with Crippen molar-refractivity contribution in [3.63, 3.8) is 0 Å². The molecule has 2 aliphatic rings. The molecule has 150 valence electrons. The van der Waals surface area contributed by atoms with Crippen molar-refractivity contribution in [2.45, 2.75) is 37.9 Å². The zero-order chi connectivity index (χ0) is 20.4. The minimum atomic E-state index is -0.817. The van der Waals surface area contributed by atoms with Gasteiger partial charge in [-0.05, 0) is 43.3 Å². The molecule has 1 amide bonds. The Kier molecular flexibility index (Phi) is 5.83. The predicted molar refractivity (Wildman–Crippen MR) is 122 cm³/mol. The van der Waals surface area contributed by atoms with Crippen molar-refractivity contribution in [2.75, 3.05) is 11.9 Å². The molecule has 2 N–H and O–H groups in total. The van der Waals surface area contributed by atoms with Gasteiger partial charge in [0.15, 0.2) is 5.11 Å². The zero-order valence-electron chi connectivity index (χ0n) is 16.2. The molecule has 7 heteroatoms. The number of benzodiazepines with no additional fused rings is 1. The number of likely N-dealkylation sites (N-methyl/N-ethyl adjacent to an activating group) is 1. The minimum Gasteiger partial charge on any atom is -0.360 e. The number of benzene rings is 2. The summed E-state index contributed by atoms with van der Waals surface area (Å²) in [6, 6.07) is 15.7. The van der Waals surface area contributed by atoms with Crippen molar-refractivity contribution >= 4 is 46.2 Å². The van der Waals surface area contributed by atoms with E-state index in [-0.39, 0.29) is 5.91 Å². The first-order chi connectivity index (χ1) is 14.0. The molecule has 1 unspecified atom stereocenters. The van der Waals surface area contributed by atoms with Crippen LogP contribution in [0.2, 0.25) is 5.02 Å². The van der Waals surface area contributed by atoms with Gasteiger partial charge in [0.2, 0.25) is 6.17 Å². The summed E-state index contributed by atoms with van der Waals surface area (Å²) in [5.74, 6) is -0.171. The molecule has 0 bridgehead atoms. The van der Waals surface area contributed by atoms with Gasteiger partial charge >= 0.3 is 0 Å². The molecule has 0 saturated heterocycles. The third-order valence-electron chi connectivity index (χ3n) is 5.40. The van der Waals surface area contributed by atoms with Crippen molar-refractivity contribution in [1.29, 1.82) is 0 Å². The maximum Gasteiger partial charge on any atom is 0.272 e. The van der Waals surface area contributed by atoms with Gasteiger partial charge in [0.1, 0.15) is 0 Å². The first-order valence-electron chi connectivity index (χ1n) is 9.80. The Morgan fingerprint density at radius 1 is 1.14 bits per heavy atom. The summed E-state index contributed by atoms with van der Waals surface area (Å²) in [6.45, 7) is 0. The molecule has 1 atom stereocenters. The number of nitrogens with zero attached hydrogens (tertiary/aromatic N) is 2. The molecule has 0 radical (unpaired) electrons. The Bertz CT molecular complexity index is 957. The van der Waals surface area contributed by atoms with Gasteiger partial charge in [0, 0.05) is 29.2 Å². The highest BCUT2D eigenvalue weighted by Gasteiger charge is 2.31. The molecular formula is C22H23ClN4OS. The monoisotopic (exact) mass is 426 g/mol. The van der Waals surface area contributed by atoms with E-state index in [1.54, 1.807) is 18.0 Å². The van der Waals surface area contributed by atoms with E-state index in [1.807, 2.05) is 42.5 Å². The standard InChI is InChI=1S/C22H23ClN4OS/c1-27-18-12-11-15(23)13-17(18)19(14-7-3-2-4-8-14)25-20(21(27)28)26-22(29)24-16-9-5-6-10-16/h2-4,7-8,11-13,16,20H,5-6,9-10H2,1H3,(H2,24,26,29). The fraction of sp³-hybridized carbons (Fsp3) is 0.318. The van der Waals surface area contributed by atoms with Gasteiger partial charge in [-0.25, -0.2) is 4.99 Å². The Hall–Kier alpha value is -2.44. The van der Waals surface area contributed by atoms with E-state index in [2.05, 4.69) is 10.6 Å². The number of carbonyl (C=O) groups is 1. The quantitative estimate of drug-likeness (QED) is 0.731. The number of hydrogen-bond donors (Lipinski definition) is 2. The number of amides is 1. The van der Waals surface area contributed by atoms with Gasteiger partial charge in [-0.15, -0.1) is 0 Å². The molecule has 29 heavy (non-hydrogen) atoms. The highest BCUT2D eigenvalue weighted by Crippen LogP contribution is 2.29. The second kappa shape index (κ2) is 8.51. The van der Waals surface area contributed by atoms with Crippen molar-refractivity contribution < 1.29 is 4.79 Å². The summed E-state index contributed by atoms with van der Waals surface area (Å²) in [5, 5.41) is 7.51. The molecule has 1 aliphatic heterocycles. The van der Waals surface area contributed by atoms with Crippen LogP contribution in [0.5, 0.6) is 0 Å². The lowest BCUT2D eigenvalue weighted by Gasteiger charge is -2.23. The number of halogens is 1. The van der Waals surface area contributed by atoms with E-state index in [4.69, 9.17) is 28.8 Å². The molecule has 0 spiro atoms. The number of rotatable bonds is 3. The molecule has 1 fully saturated rings. The van der Waals surface area contributed by atoms with Crippen LogP contribution in [0.4, 0.5) is 5.69 Å². The lowest BCUT2D eigenvalue weighted by molar-refractivity contribution is -0.119. The van der Waals surface area contributed by atoms with Gasteiger partial charge in [0.25, 0.3) is 5.91 Å². The second-order valence-electron chi connectivity index (χ2n) is 7.40. The predicted octanol–water partition coefficient (Wildman–Crippen LogP) is 3.89. The van der Waals surface area contributed by atoms with Crippen LogP contribution in [0.25, 0.3) is 0 Å². The van der Waals surface area contributed by atoms with Crippen molar-refractivity contribution in [2.24, 2.45) is 4.99 Å². The summed E-state index contributed by atoms with van der Waals surface area (Å²) < 4.78 is 0. The van der Waals surface area contributed by atoms with Crippen molar-refractivity contribution in [1.82, 2.24) is 10.6 Å². The van der Waals surface area contributed by atoms with E-state index < -0.39 is 6.17 Å². The number of hydrogen-bond acceptors (Lipinski definition) is 3. The normalized spacial score (nSPS) is 19.4. The van der Waals surface area contributed by atoms with Gasteiger partial charge in [-0.2, -0.15) is 0 Å². The maximum absolute atomic E-state index is 13.2. The summed E-state index contributed by atoms with van der Waals surface area (Å²) in [7, 11) is 1.75. The zero-order valence-corrected chi connectivity index (χ0v) is 17.8. The molecule has 0 aromatic heterocycles. The summed E-state index contributed by atoms with van der Waals surface area (Å²) in [6.07, 6.45) is 3.80. The average molecular weight is 427 g/mol. The summed E-state index contributed by atoms with van der Waals surface area (Å²) >= 11 is 11.8. The van der Waals surface area contributed by atoms with Crippen molar-refractivity contribution in [3.05, 3.63) is 64.7 Å². The van der Waals surface area contributed by atoms with Crippen LogP contribution >= 0.6 is 23.8 Å². The lowest BCUT2D eigenvalue weighted by Crippen LogP contribution is -2.50. The van der Waals surface area contributed by atoms with Crippen LogP contribution in [-0.4, -0.2) is 36.0 Å². The average Bonchev–Trinajstić information content (AvgIpc) is 3.20. The lowest BCUT2D eigenvalue weighted by atomic mass is 10.0. The Morgan fingerprint density at radius 3 is 2.59 bits per heavy atom. The molecule has 2 aromatic rings. The number of thiocarbonyl (C=S) groups is 1. The van der Waals surface area contributed by atoms with E-state index in [9.17, 15) is 4.79 Å². The Labute approximate surface area is 181 Å². The molecule has 1 heterocycles. The van der Waals surface area contributed by atoms with E-state index in [1.165, 1.54) is 12.8 Å². The van der Waals surface area contributed by atoms with Gasteiger partial charge in [0.05, 0.1) is 11.4 Å². The van der Waals surface area contributed by atoms with Gasteiger partial charge < -0.3 is 15.5 Å². The smallest absolute Gasteiger partial charge is 0.272 e. The highest BCUT2D eigenvalue weighted by molar-refractivity contribution is 7.80. The van der Waals surface area contributed by atoms with Crippen molar-refractivity contribution in [3.8, 4) is 0 Å². The number of anilines is 1. The fourth-order valence-corrected chi connectivity index (χ4v) is 4.34. The van der Waals surface area contributed by atoms with Crippen LogP contribution in [-0.2, 0) is 4.79 Å². The Balaban J connectivity index is 1.71. The SMILES string of the molecule is CN1C(=O)C(NC(=S)NC2CCCC2)N=C(c2ccccc2)c2cc(Cl)ccc21. The number of aliphatic imine (C=N–C) groups is 1. The van der Waals surface area contributed by atoms with Crippen LogP contribution in [0.3, 0.4) is 0 Å². The molecular weight excluding hydrogens is 404 g/mol. The number of nitrogens with one attached hydrogen (secondary N) is 2. The van der Waals surface area contributed by atoms with E-state index in [0.29, 0.717) is 21.9 Å². The summed E-state index contributed by atoms with van der Waals surface area (Å²) in [5.41, 5.74) is 3.21. The molecule has 1 saturated carbocycles.